The Labute approximate surface area is 101 Å². The molecule has 0 aromatic heterocycles. The second kappa shape index (κ2) is 10.0. The zero-order chi connectivity index (χ0) is 13.1. The van der Waals surface area contributed by atoms with E-state index in [9.17, 15) is 9.59 Å². The number of hydrogen-bond acceptors (Lipinski definition) is 5. The van der Waals surface area contributed by atoms with E-state index < -0.39 is 18.0 Å². The Morgan fingerprint density at radius 3 is 2.65 bits per heavy atom. The zero-order valence-corrected chi connectivity index (χ0v) is 10.3. The molecule has 0 aliphatic carbocycles. The average molecular weight is 247 g/mol. The summed E-state index contributed by atoms with van der Waals surface area (Å²) in [5.41, 5.74) is 0. The van der Waals surface area contributed by atoms with Crippen LogP contribution >= 0.6 is 0 Å². The average Bonchev–Trinajstić information content (AvgIpc) is 2.28. The van der Waals surface area contributed by atoms with Gasteiger partial charge in [-0.2, -0.15) is 0 Å². The van der Waals surface area contributed by atoms with Crippen LogP contribution in [0.4, 0.5) is 4.79 Å². The van der Waals surface area contributed by atoms with E-state index in [1.165, 1.54) is 0 Å². The lowest BCUT2D eigenvalue weighted by molar-refractivity contribution is -0.121. The van der Waals surface area contributed by atoms with Crippen LogP contribution in [0.1, 0.15) is 13.8 Å². The van der Waals surface area contributed by atoms with Crippen molar-refractivity contribution in [3.05, 3.63) is 0 Å². The molecule has 0 bridgehead atoms. The van der Waals surface area contributed by atoms with Crippen molar-refractivity contribution in [3.63, 3.8) is 0 Å². The Hall–Kier alpha value is -1.18. The summed E-state index contributed by atoms with van der Waals surface area (Å²) in [6, 6.07) is -0.974. The second-order valence-corrected chi connectivity index (χ2v) is 3.36. The van der Waals surface area contributed by atoms with Gasteiger partial charge in [-0.05, 0) is 13.8 Å². The van der Waals surface area contributed by atoms with Gasteiger partial charge < -0.3 is 20.5 Å². The molecule has 100 valence electrons. The van der Waals surface area contributed by atoms with Gasteiger partial charge in [0.2, 0.25) is 5.91 Å². The normalized spacial score (nSPS) is 11.9. The van der Waals surface area contributed by atoms with Gasteiger partial charge in [-0.25, -0.2) is 4.79 Å². The summed E-state index contributed by atoms with van der Waals surface area (Å²) in [6.07, 6.45) is 0. The van der Waals surface area contributed by atoms with Crippen molar-refractivity contribution in [1.82, 2.24) is 16.0 Å². The largest absolute Gasteiger partial charge is 0.394 e. The molecule has 1 atom stereocenters. The van der Waals surface area contributed by atoms with E-state index in [1.807, 2.05) is 0 Å². The van der Waals surface area contributed by atoms with Gasteiger partial charge in [0.1, 0.15) is 0 Å². The summed E-state index contributed by atoms with van der Waals surface area (Å²) in [4.78, 5) is 22.5. The lowest BCUT2D eigenvalue weighted by Gasteiger charge is -2.13. The standard InChI is InChI=1S/C10H21N3O4/c1-3-11-10(16)13-9(15)8(2)12-4-6-17-7-5-14/h8,12,14H,3-7H2,1-2H3,(H2,11,13,15,16). The molecule has 0 aromatic rings. The summed E-state index contributed by atoms with van der Waals surface area (Å²) in [7, 11) is 0. The lowest BCUT2D eigenvalue weighted by Crippen LogP contribution is -2.48. The number of aliphatic hydroxyl groups is 1. The smallest absolute Gasteiger partial charge is 0.321 e. The monoisotopic (exact) mass is 247 g/mol. The Morgan fingerprint density at radius 1 is 1.35 bits per heavy atom. The predicted molar refractivity (Wildman–Crippen MR) is 62.6 cm³/mol. The molecule has 0 rings (SSSR count). The van der Waals surface area contributed by atoms with E-state index in [4.69, 9.17) is 9.84 Å². The first kappa shape index (κ1) is 15.8. The summed E-state index contributed by atoms with van der Waals surface area (Å²) in [6.45, 7) is 5.03. The van der Waals surface area contributed by atoms with Crippen molar-refractivity contribution in [3.8, 4) is 0 Å². The highest BCUT2D eigenvalue weighted by Gasteiger charge is 2.14. The number of urea groups is 1. The first-order valence-electron chi connectivity index (χ1n) is 5.62. The molecule has 3 amide bonds. The molecule has 0 fully saturated rings. The number of hydrogen-bond donors (Lipinski definition) is 4. The molecule has 0 radical (unpaired) electrons. The molecule has 7 heteroatoms. The maximum atomic E-state index is 11.4. The fraction of sp³-hybridized carbons (Fsp3) is 0.800. The zero-order valence-electron chi connectivity index (χ0n) is 10.3. The van der Waals surface area contributed by atoms with E-state index in [-0.39, 0.29) is 13.2 Å². The number of carbonyl (C=O) groups is 2. The van der Waals surface area contributed by atoms with Crippen LogP contribution in [0.15, 0.2) is 0 Å². The number of nitrogens with one attached hydrogen (secondary N) is 3. The number of carbonyl (C=O) groups excluding carboxylic acids is 2. The molecule has 4 N–H and O–H groups in total. The molecule has 1 unspecified atom stereocenters. The summed E-state index contributed by atoms with van der Waals surface area (Å²) < 4.78 is 5.01. The van der Waals surface area contributed by atoms with Gasteiger partial charge in [0.05, 0.1) is 25.9 Å². The number of rotatable bonds is 8. The van der Waals surface area contributed by atoms with Gasteiger partial charge in [0, 0.05) is 13.1 Å². The third-order valence-corrected chi connectivity index (χ3v) is 1.90. The maximum Gasteiger partial charge on any atom is 0.321 e. The van der Waals surface area contributed by atoms with Gasteiger partial charge in [0.15, 0.2) is 0 Å². The number of amides is 3. The Balaban J connectivity index is 3.63. The summed E-state index contributed by atoms with van der Waals surface area (Å²) in [5, 5.41) is 16.0. The molecule has 0 heterocycles. The fourth-order valence-electron chi connectivity index (χ4n) is 1.03. The van der Waals surface area contributed by atoms with E-state index in [1.54, 1.807) is 13.8 Å². The summed E-state index contributed by atoms with van der Waals surface area (Å²) >= 11 is 0. The SMILES string of the molecule is CCNC(=O)NC(=O)C(C)NCCOCCO. The van der Waals surface area contributed by atoms with Crippen molar-refractivity contribution in [1.29, 1.82) is 0 Å². The fourth-order valence-corrected chi connectivity index (χ4v) is 1.03. The lowest BCUT2D eigenvalue weighted by atomic mass is 10.3. The van der Waals surface area contributed by atoms with Crippen LogP contribution < -0.4 is 16.0 Å². The van der Waals surface area contributed by atoms with Crippen molar-refractivity contribution >= 4 is 11.9 Å². The van der Waals surface area contributed by atoms with Crippen molar-refractivity contribution < 1.29 is 19.4 Å². The van der Waals surface area contributed by atoms with Gasteiger partial charge in [-0.3, -0.25) is 10.1 Å². The van der Waals surface area contributed by atoms with Crippen molar-refractivity contribution in [2.45, 2.75) is 19.9 Å². The molecule has 0 saturated carbocycles. The van der Waals surface area contributed by atoms with Crippen LogP contribution in [0.2, 0.25) is 0 Å². The molecule has 7 nitrogen and oxygen atoms in total. The van der Waals surface area contributed by atoms with Crippen LogP contribution in [-0.4, -0.2) is 56.0 Å². The van der Waals surface area contributed by atoms with E-state index in [0.717, 1.165) is 0 Å². The molecular formula is C10H21N3O4. The first-order valence-corrected chi connectivity index (χ1v) is 5.62. The molecule has 0 aliphatic rings. The van der Waals surface area contributed by atoms with Crippen LogP contribution in [0.3, 0.4) is 0 Å². The Morgan fingerprint density at radius 2 is 2.06 bits per heavy atom. The van der Waals surface area contributed by atoms with E-state index >= 15 is 0 Å². The molecule has 17 heavy (non-hydrogen) atoms. The van der Waals surface area contributed by atoms with Gasteiger partial charge in [-0.15, -0.1) is 0 Å². The van der Waals surface area contributed by atoms with Crippen molar-refractivity contribution in [2.75, 3.05) is 32.9 Å². The maximum absolute atomic E-state index is 11.4. The topological polar surface area (TPSA) is 99.7 Å². The third-order valence-electron chi connectivity index (χ3n) is 1.90. The minimum Gasteiger partial charge on any atom is -0.394 e. The quantitative estimate of drug-likeness (QED) is 0.405. The highest BCUT2D eigenvalue weighted by Crippen LogP contribution is 1.82. The Kier molecular flexibility index (Phi) is 9.31. The van der Waals surface area contributed by atoms with Gasteiger partial charge >= 0.3 is 6.03 Å². The molecule has 0 spiro atoms. The van der Waals surface area contributed by atoms with Crippen LogP contribution in [-0.2, 0) is 9.53 Å². The van der Waals surface area contributed by atoms with Gasteiger partial charge in [0.25, 0.3) is 0 Å². The number of imide groups is 1. The highest BCUT2D eigenvalue weighted by atomic mass is 16.5. The van der Waals surface area contributed by atoms with Crippen LogP contribution in [0.25, 0.3) is 0 Å². The van der Waals surface area contributed by atoms with E-state index in [2.05, 4.69) is 16.0 Å². The van der Waals surface area contributed by atoms with E-state index in [0.29, 0.717) is 19.7 Å². The number of aliphatic hydroxyl groups excluding tert-OH is 1. The number of ether oxygens (including phenoxy) is 1. The summed E-state index contributed by atoms with van der Waals surface area (Å²) in [5.74, 6) is -0.391. The Bertz CT molecular complexity index is 236. The van der Waals surface area contributed by atoms with Crippen molar-refractivity contribution in [2.24, 2.45) is 0 Å². The van der Waals surface area contributed by atoms with Crippen LogP contribution in [0, 0.1) is 0 Å². The molecule has 0 aliphatic heterocycles. The third kappa shape index (κ3) is 8.61. The molecule has 0 aromatic carbocycles. The minimum atomic E-state index is -0.498. The predicted octanol–water partition coefficient (Wildman–Crippen LogP) is -1.18. The highest BCUT2D eigenvalue weighted by molar-refractivity contribution is 5.96. The minimum absolute atomic E-state index is 0.0206. The second-order valence-electron chi connectivity index (χ2n) is 3.36. The van der Waals surface area contributed by atoms with Gasteiger partial charge in [-0.1, -0.05) is 0 Å². The molecule has 0 saturated heterocycles. The first-order chi connectivity index (χ1) is 8.11. The molecular weight excluding hydrogens is 226 g/mol. The van der Waals surface area contributed by atoms with Crippen LogP contribution in [0.5, 0.6) is 0 Å².